The zero-order valence-electron chi connectivity index (χ0n) is 20.4. The zero-order valence-corrected chi connectivity index (χ0v) is 20.4. The highest BCUT2D eigenvalue weighted by Crippen LogP contribution is 2.33. The summed E-state index contributed by atoms with van der Waals surface area (Å²) in [5.74, 6) is -3.97. The Kier molecular flexibility index (Phi) is 9.29. The van der Waals surface area contributed by atoms with Crippen molar-refractivity contribution in [1.82, 2.24) is 14.5 Å². The molecule has 4 rings (SSSR count). The molecule has 204 valence electrons. The van der Waals surface area contributed by atoms with Crippen molar-refractivity contribution in [3.8, 4) is 5.75 Å². The standard InChI is InChI=1S/C23H25F3N4O2.C2H2O4/c1-32-20-9-5-3-7-18(20)27-21(31)15-29-12-10-16(11-13-29)14-30-19-8-4-2-6-17(19)28-22(30)23(24,25)26;3-1(4)2(5)6/h2-9,16H,10-15H2,1H3,(H,27,31);(H,3,4)(H,5,6). The Bertz CT molecular complexity index is 1270. The number of nitrogens with zero attached hydrogens (tertiary/aromatic N) is 3. The molecule has 3 N–H and O–H groups in total. The Hall–Kier alpha value is -4.13. The number of para-hydroxylation sites is 4. The van der Waals surface area contributed by atoms with Crippen LogP contribution in [0, 0.1) is 5.92 Å². The lowest BCUT2D eigenvalue weighted by Crippen LogP contribution is -2.40. The second-order valence-corrected chi connectivity index (χ2v) is 8.61. The molecule has 0 unspecified atom stereocenters. The van der Waals surface area contributed by atoms with Gasteiger partial charge in [0, 0.05) is 6.54 Å². The van der Waals surface area contributed by atoms with Crippen LogP contribution in [0.3, 0.4) is 0 Å². The molecule has 0 spiro atoms. The second kappa shape index (κ2) is 12.4. The number of hydrogen-bond donors (Lipinski definition) is 3. The first kappa shape index (κ1) is 28.4. The molecule has 0 radical (unpaired) electrons. The lowest BCUT2D eigenvalue weighted by Gasteiger charge is -2.32. The highest BCUT2D eigenvalue weighted by Gasteiger charge is 2.38. The van der Waals surface area contributed by atoms with Gasteiger partial charge in [0.25, 0.3) is 0 Å². The Balaban J connectivity index is 0.000000599. The molecule has 10 nitrogen and oxygen atoms in total. The minimum Gasteiger partial charge on any atom is -0.495 e. The minimum absolute atomic E-state index is 0.0854. The summed E-state index contributed by atoms with van der Waals surface area (Å²) in [5.41, 5.74) is 1.46. The summed E-state index contributed by atoms with van der Waals surface area (Å²) in [5, 5.41) is 17.6. The van der Waals surface area contributed by atoms with E-state index in [0.29, 0.717) is 48.4 Å². The van der Waals surface area contributed by atoms with Gasteiger partial charge in [0.2, 0.25) is 11.7 Å². The molecule has 0 aliphatic carbocycles. The quantitative estimate of drug-likeness (QED) is 0.407. The summed E-state index contributed by atoms with van der Waals surface area (Å²) < 4.78 is 47.1. The molecule has 2 aromatic carbocycles. The van der Waals surface area contributed by atoms with Gasteiger partial charge in [0.1, 0.15) is 5.75 Å². The van der Waals surface area contributed by atoms with Gasteiger partial charge in [-0.15, -0.1) is 0 Å². The predicted octanol–water partition coefficient (Wildman–Crippen LogP) is 3.57. The molecule has 0 saturated carbocycles. The number of aliphatic carboxylic acids is 2. The molecule has 1 aliphatic heterocycles. The monoisotopic (exact) mass is 536 g/mol. The highest BCUT2D eigenvalue weighted by molar-refractivity contribution is 6.27. The highest BCUT2D eigenvalue weighted by atomic mass is 19.4. The number of carbonyl (C=O) groups is 3. The number of nitrogens with one attached hydrogen (secondary N) is 1. The van der Waals surface area contributed by atoms with Crippen molar-refractivity contribution >= 4 is 34.6 Å². The van der Waals surface area contributed by atoms with E-state index in [4.69, 9.17) is 24.5 Å². The first-order chi connectivity index (χ1) is 18.0. The molecule has 0 bridgehead atoms. The third-order valence-electron chi connectivity index (χ3n) is 5.99. The van der Waals surface area contributed by atoms with E-state index >= 15 is 0 Å². The Labute approximate surface area is 215 Å². The lowest BCUT2D eigenvalue weighted by molar-refractivity contribution is -0.159. The SMILES string of the molecule is COc1ccccc1NC(=O)CN1CCC(Cn2c(C(F)(F)F)nc3ccccc32)CC1.O=C(O)C(=O)O. The number of rotatable bonds is 6. The molecule has 1 aromatic heterocycles. The topological polar surface area (TPSA) is 134 Å². The third kappa shape index (κ3) is 7.44. The second-order valence-electron chi connectivity index (χ2n) is 8.61. The van der Waals surface area contributed by atoms with Crippen LogP contribution >= 0.6 is 0 Å². The van der Waals surface area contributed by atoms with Crippen LogP contribution in [0.5, 0.6) is 5.75 Å². The number of carboxylic acids is 2. The van der Waals surface area contributed by atoms with E-state index in [2.05, 4.69) is 10.3 Å². The predicted molar refractivity (Wildman–Crippen MR) is 131 cm³/mol. The van der Waals surface area contributed by atoms with Gasteiger partial charge in [0.05, 0.1) is 30.4 Å². The van der Waals surface area contributed by atoms with Crippen molar-refractivity contribution in [1.29, 1.82) is 0 Å². The number of imidazole rings is 1. The van der Waals surface area contributed by atoms with E-state index in [0.717, 1.165) is 0 Å². The largest absolute Gasteiger partial charge is 0.495 e. The van der Waals surface area contributed by atoms with Crippen molar-refractivity contribution in [2.75, 3.05) is 32.1 Å². The number of benzene rings is 2. The third-order valence-corrected chi connectivity index (χ3v) is 5.99. The Morgan fingerprint density at radius 3 is 2.24 bits per heavy atom. The van der Waals surface area contributed by atoms with E-state index in [-0.39, 0.29) is 24.9 Å². The summed E-state index contributed by atoms with van der Waals surface area (Å²) >= 11 is 0. The molecule has 1 saturated heterocycles. The van der Waals surface area contributed by atoms with E-state index in [1.54, 1.807) is 43.5 Å². The fourth-order valence-electron chi connectivity index (χ4n) is 4.20. The molecule has 38 heavy (non-hydrogen) atoms. The van der Waals surface area contributed by atoms with Gasteiger partial charge in [-0.25, -0.2) is 14.6 Å². The van der Waals surface area contributed by atoms with Gasteiger partial charge in [-0.05, 0) is 56.1 Å². The Morgan fingerprint density at radius 1 is 1.03 bits per heavy atom. The van der Waals surface area contributed by atoms with Crippen molar-refractivity contribution in [3.05, 3.63) is 54.4 Å². The van der Waals surface area contributed by atoms with Gasteiger partial charge in [-0.3, -0.25) is 9.69 Å². The summed E-state index contributed by atoms with van der Waals surface area (Å²) in [6.45, 7) is 1.79. The molecule has 1 aliphatic rings. The maximum absolute atomic E-state index is 13.5. The number of hydrogen-bond acceptors (Lipinski definition) is 6. The summed E-state index contributed by atoms with van der Waals surface area (Å²) in [6.07, 6.45) is -3.08. The van der Waals surface area contributed by atoms with Crippen LogP contribution < -0.4 is 10.1 Å². The number of halogens is 3. The van der Waals surface area contributed by atoms with Crippen LogP contribution in [0.2, 0.25) is 0 Å². The van der Waals surface area contributed by atoms with Crippen molar-refractivity contribution in [2.24, 2.45) is 5.92 Å². The van der Waals surface area contributed by atoms with E-state index in [9.17, 15) is 18.0 Å². The number of carboxylic acid groups (broad SMARTS) is 2. The maximum atomic E-state index is 13.5. The summed E-state index contributed by atoms with van der Waals surface area (Å²) in [6, 6.07) is 13.9. The molecular weight excluding hydrogens is 509 g/mol. The number of alkyl halides is 3. The number of anilines is 1. The maximum Gasteiger partial charge on any atom is 0.449 e. The van der Waals surface area contributed by atoms with Gasteiger partial charge < -0.3 is 24.8 Å². The van der Waals surface area contributed by atoms with Crippen molar-refractivity contribution in [3.63, 3.8) is 0 Å². The summed E-state index contributed by atoms with van der Waals surface area (Å²) in [7, 11) is 1.55. The van der Waals surface area contributed by atoms with Gasteiger partial charge in [-0.2, -0.15) is 13.2 Å². The molecular formula is C25H27F3N4O6. The number of carbonyl (C=O) groups excluding carboxylic acids is 1. The molecule has 1 fully saturated rings. The smallest absolute Gasteiger partial charge is 0.449 e. The molecule has 1 amide bonds. The number of amides is 1. The fraction of sp³-hybridized carbons (Fsp3) is 0.360. The number of aromatic nitrogens is 2. The van der Waals surface area contributed by atoms with E-state index in [1.165, 1.54) is 4.57 Å². The van der Waals surface area contributed by atoms with E-state index in [1.807, 2.05) is 17.0 Å². The molecule has 3 aromatic rings. The summed E-state index contributed by atoms with van der Waals surface area (Å²) in [4.78, 5) is 36.5. The van der Waals surface area contributed by atoms with Crippen LogP contribution in [0.4, 0.5) is 18.9 Å². The molecule has 2 heterocycles. The van der Waals surface area contributed by atoms with Crippen LogP contribution in [0.25, 0.3) is 11.0 Å². The number of fused-ring (bicyclic) bond motifs is 1. The number of likely N-dealkylation sites (tertiary alicyclic amines) is 1. The fourth-order valence-corrected chi connectivity index (χ4v) is 4.20. The number of piperidine rings is 1. The Morgan fingerprint density at radius 2 is 1.63 bits per heavy atom. The van der Waals surface area contributed by atoms with Gasteiger partial charge in [0.15, 0.2) is 0 Å². The molecule has 0 atom stereocenters. The first-order valence-corrected chi connectivity index (χ1v) is 11.6. The first-order valence-electron chi connectivity index (χ1n) is 11.6. The average molecular weight is 537 g/mol. The molecule has 13 heteroatoms. The number of ether oxygens (including phenoxy) is 1. The van der Waals surface area contributed by atoms with Crippen LogP contribution in [0.15, 0.2) is 48.5 Å². The van der Waals surface area contributed by atoms with Crippen LogP contribution in [-0.2, 0) is 27.1 Å². The van der Waals surface area contributed by atoms with Gasteiger partial charge >= 0.3 is 18.1 Å². The van der Waals surface area contributed by atoms with E-state index < -0.39 is 23.9 Å². The normalized spacial score (nSPS) is 14.4. The van der Waals surface area contributed by atoms with Gasteiger partial charge in [-0.1, -0.05) is 24.3 Å². The van der Waals surface area contributed by atoms with Crippen LogP contribution in [0.1, 0.15) is 18.7 Å². The van der Waals surface area contributed by atoms with Crippen molar-refractivity contribution in [2.45, 2.75) is 25.6 Å². The average Bonchev–Trinajstić information content (AvgIpc) is 3.25. The van der Waals surface area contributed by atoms with Crippen molar-refractivity contribution < 1.29 is 42.5 Å². The lowest BCUT2D eigenvalue weighted by atomic mass is 9.96. The minimum atomic E-state index is -4.50. The number of methoxy groups -OCH3 is 1. The van der Waals surface area contributed by atoms with Crippen LogP contribution in [-0.4, -0.2) is 69.3 Å². The zero-order chi connectivity index (χ0) is 27.9.